The van der Waals surface area contributed by atoms with Crippen molar-refractivity contribution in [3.8, 4) is 0 Å². The standard InChI is InChI=1S/C11H16N4O2/c1-8-5-9(7-13-6-8)11(16)14-4-2-3-10(12)15-17/h5-7,17H,2-4H2,1H3,(H2,12,15)(H,14,16). The lowest BCUT2D eigenvalue weighted by molar-refractivity contribution is 0.0953. The average Bonchev–Trinajstić information content (AvgIpc) is 2.34. The van der Waals surface area contributed by atoms with E-state index in [4.69, 9.17) is 10.9 Å². The number of nitrogens with zero attached hydrogens (tertiary/aromatic N) is 2. The predicted molar refractivity (Wildman–Crippen MR) is 64.0 cm³/mol. The predicted octanol–water partition coefficient (Wildman–Crippen LogP) is 0.646. The maximum Gasteiger partial charge on any atom is 0.252 e. The molecule has 1 heterocycles. The number of hydrogen-bond donors (Lipinski definition) is 3. The summed E-state index contributed by atoms with van der Waals surface area (Å²) >= 11 is 0. The molecular weight excluding hydrogens is 220 g/mol. The van der Waals surface area contributed by atoms with Crippen molar-refractivity contribution in [2.24, 2.45) is 10.9 Å². The number of carbonyl (C=O) groups is 1. The normalized spacial score (nSPS) is 11.2. The molecule has 0 saturated heterocycles. The van der Waals surface area contributed by atoms with Crippen molar-refractivity contribution in [1.82, 2.24) is 10.3 Å². The Bertz CT molecular complexity index is 418. The fraction of sp³-hybridized carbons (Fsp3) is 0.364. The zero-order valence-electron chi connectivity index (χ0n) is 9.68. The van der Waals surface area contributed by atoms with Gasteiger partial charge in [0.25, 0.3) is 5.91 Å². The Hall–Kier alpha value is -2.11. The molecule has 0 saturated carbocycles. The summed E-state index contributed by atoms with van der Waals surface area (Å²) in [6.45, 7) is 2.35. The van der Waals surface area contributed by atoms with Crippen molar-refractivity contribution >= 4 is 11.7 Å². The number of nitrogens with two attached hydrogens (primary N) is 1. The van der Waals surface area contributed by atoms with Crippen LogP contribution in [-0.4, -0.2) is 28.5 Å². The van der Waals surface area contributed by atoms with Crippen LogP contribution in [0, 0.1) is 6.92 Å². The number of amides is 1. The molecule has 0 fully saturated rings. The number of amidine groups is 1. The maximum absolute atomic E-state index is 11.6. The van der Waals surface area contributed by atoms with E-state index in [1.165, 1.54) is 6.20 Å². The van der Waals surface area contributed by atoms with Gasteiger partial charge in [-0.2, -0.15) is 0 Å². The van der Waals surface area contributed by atoms with Gasteiger partial charge in [0.1, 0.15) is 5.84 Å². The first-order valence-electron chi connectivity index (χ1n) is 5.29. The van der Waals surface area contributed by atoms with E-state index in [1.54, 1.807) is 12.3 Å². The largest absolute Gasteiger partial charge is 0.409 e. The van der Waals surface area contributed by atoms with Crippen molar-refractivity contribution in [1.29, 1.82) is 0 Å². The van der Waals surface area contributed by atoms with Crippen LogP contribution in [0.15, 0.2) is 23.6 Å². The molecule has 0 aliphatic heterocycles. The minimum Gasteiger partial charge on any atom is -0.409 e. The van der Waals surface area contributed by atoms with Crippen LogP contribution in [0.25, 0.3) is 0 Å². The first-order valence-corrected chi connectivity index (χ1v) is 5.29. The summed E-state index contributed by atoms with van der Waals surface area (Å²) in [5.41, 5.74) is 6.77. The Morgan fingerprint density at radius 2 is 2.35 bits per heavy atom. The summed E-state index contributed by atoms with van der Waals surface area (Å²) in [5.74, 6) is -0.00261. The average molecular weight is 236 g/mol. The summed E-state index contributed by atoms with van der Waals surface area (Å²) in [5, 5.41) is 13.9. The molecule has 0 atom stereocenters. The summed E-state index contributed by atoms with van der Waals surface area (Å²) in [6, 6.07) is 1.77. The van der Waals surface area contributed by atoms with Gasteiger partial charge >= 0.3 is 0 Å². The summed E-state index contributed by atoms with van der Waals surface area (Å²) in [4.78, 5) is 15.6. The number of rotatable bonds is 5. The van der Waals surface area contributed by atoms with Crippen molar-refractivity contribution in [3.63, 3.8) is 0 Å². The molecule has 0 aliphatic rings. The van der Waals surface area contributed by atoms with E-state index in [2.05, 4.69) is 15.5 Å². The summed E-state index contributed by atoms with van der Waals surface area (Å²) in [6.07, 6.45) is 4.28. The molecule has 6 heteroatoms. The van der Waals surface area contributed by atoms with Crippen LogP contribution in [0.2, 0.25) is 0 Å². The number of aryl methyl sites for hydroxylation is 1. The molecule has 4 N–H and O–H groups in total. The highest BCUT2D eigenvalue weighted by Gasteiger charge is 2.05. The van der Waals surface area contributed by atoms with Gasteiger partial charge in [-0.25, -0.2) is 0 Å². The number of oxime groups is 1. The Kier molecular flexibility index (Phi) is 4.93. The third kappa shape index (κ3) is 4.50. The monoisotopic (exact) mass is 236 g/mol. The first kappa shape index (κ1) is 13.0. The van der Waals surface area contributed by atoms with Crippen molar-refractivity contribution < 1.29 is 10.0 Å². The zero-order valence-corrected chi connectivity index (χ0v) is 9.68. The Morgan fingerprint density at radius 1 is 1.59 bits per heavy atom. The van der Waals surface area contributed by atoms with Gasteiger partial charge in [0.2, 0.25) is 0 Å². The summed E-state index contributed by atoms with van der Waals surface area (Å²) < 4.78 is 0. The van der Waals surface area contributed by atoms with E-state index in [0.29, 0.717) is 24.9 Å². The molecule has 1 rings (SSSR count). The van der Waals surface area contributed by atoms with E-state index in [-0.39, 0.29) is 11.7 Å². The van der Waals surface area contributed by atoms with Crippen LogP contribution >= 0.6 is 0 Å². The molecule has 0 aromatic carbocycles. The Labute approximate surface area is 99.5 Å². The molecular formula is C11H16N4O2. The second-order valence-corrected chi connectivity index (χ2v) is 3.70. The van der Waals surface area contributed by atoms with Gasteiger partial charge in [0.05, 0.1) is 5.56 Å². The smallest absolute Gasteiger partial charge is 0.252 e. The van der Waals surface area contributed by atoms with Gasteiger partial charge in [0, 0.05) is 25.4 Å². The number of hydrogen-bond acceptors (Lipinski definition) is 4. The highest BCUT2D eigenvalue weighted by atomic mass is 16.4. The Balaban J connectivity index is 2.35. The van der Waals surface area contributed by atoms with E-state index in [1.807, 2.05) is 6.92 Å². The molecule has 0 spiro atoms. The third-order valence-electron chi connectivity index (χ3n) is 2.16. The third-order valence-corrected chi connectivity index (χ3v) is 2.16. The molecule has 0 aliphatic carbocycles. The number of aromatic nitrogens is 1. The first-order chi connectivity index (χ1) is 8.13. The van der Waals surface area contributed by atoms with Crippen molar-refractivity contribution in [3.05, 3.63) is 29.6 Å². The molecule has 92 valence electrons. The van der Waals surface area contributed by atoms with Crippen molar-refractivity contribution in [2.75, 3.05) is 6.54 Å². The topological polar surface area (TPSA) is 101 Å². The quantitative estimate of drug-likeness (QED) is 0.230. The summed E-state index contributed by atoms with van der Waals surface area (Å²) in [7, 11) is 0. The second-order valence-electron chi connectivity index (χ2n) is 3.70. The molecule has 1 aromatic rings. The van der Waals surface area contributed by atoms with Gasteiger partial charge in [-0.15, -0.1) is 0 Å². The Morgan fingerprint density at radius 3 is 3.00 bits per heavy atom. The minimum absolute atomic E-state index is 0.163. The molecule has 6 nitrogen and oxygen atoms in total. The van der Waals surface area contributed by atoms with Crippen LogP contribution in [0.3, 0.4) is 0 Å². The number of nitrogens with one attached hydrogen (secondary N) is 1. The van der Waals surface area contributed by atoms with Gasteiger partial charge in [-0.05, 0) is 25.0 Å². The van der Waals surface area contributed by atoms with Gasteiger partial charge in [-0.1, -0.05) is 5.16 Å². The molecule has 0 bridgehead atoms. The van der Waals surface area contributed by atoms with Crippen LogP contribution in [0.5, 0.6) is 0 Å². The van der Waals surface area contributed by atoms with E-state index < -0.39 is 0 Å². The molecule has 1 aromatic heterocycles. The lowest BCUT2D eigenvalue weighted by Gasteiger charge is -2.04. The fourth-order valence-corrected chi connectivity index (χ4v) is 1.30. The fourth-order valence-electron chi connectivity index (χ4n) is 1.30. The number of carbonyl (C=O) groups excluding carboxylic acids is 1. The highest BCUT2D eigenvalue weighted by molar-refractivity contribution is 5.94. The van der Waals surface area contributed by atoms with E-state index >= 15 is 0 Å². The van der Waals surface area contributed by atoms with Gasteiger partial charge < -0.3 is 16.3 Å². The van der Waals surface area contributed by atoms with Crippen LogP contribution in [0.4, 0.5) is 0 Å². The van der Waals surface area contributed by atoms with Crippen LogP contribution in [-0.2, 0) is 0 Å². The van der Waals surface area contributed by atoms with E-state index in [0.717, 1.165) is 5.56 Å². The SMILES string of the molecule is Cc1cncc(C(=O)NCCCC(N)=NO)c1. The maximum atomic E-state index is 11.6. The van der Waals surface area contributed by atoms with Crippen molar-refractivity contribution in [2.45, 2.75) is 19.8 Å². The zero-order chi connectivity index (χ0) is 12.7. The molecule has 0 radical (unpaired) electrons. The van der Waals surface area contributed by atoms with Crippen LogP contribution in [0.1, 0.15) is 28.8 Å². The molecule has 17 heavy (non-hydrogen) atoms. The van der Waals surface area contributed by atoms with Gasteiger partial charge in [-0.3, -0.25) is 9.78 Å². The second kappa shape index (κ2) is 6.47. The number of pyridine rings is 1. The lowest BCUT2D eigenvalue weighted by atomic mass is 10.2. The highest BCUT2D eigenvalue weighted by Crippen LogP contribution is 2.00. The van der Waals surface area contributed by atoms with E-state index in [9.17, 15) is 4.79 Å². The lowest BCUT2D eigenvalue weighted by Crippen LogP contribution is -2.25. The van der Waals surface area contributed by atoms with Gasteiger partial charge in [0.15, 0.2) is 0 Å². The minimum atomic E-state index is -0.166. The molecule has 1 amide bonds. The van der Waals surface area contributed by atoms with Crippen LogP contribution < -0.4 is 11.1 Å². The molecule has 0 unspecified atom stereocenters.